The Morgan fingerprint density at radius 1 is 1.29 bits per heavy atom. The molecule has 1 aliphatic carbocycles. The first-order valence-electron chi connectivity index (χ1n) is 8.53. The molecular weight excluding hydrogens is 370 g/mol. The van der Waals surface area contributed by atoms with Gasteiger partial charge in [-0.05, 0) is 75.3 Å². The van der Waals surface area contributed by atoms with E-state index >= 15 is 0 Å². The van der Waals surface area contributed by atoms with Gasteiger partial charge in [-0.1, -0.05) is 15.9 Å². The van der Waals surface area contributed by atoms with Crippen molar-refractivity contribution in [3.8, 4) is 0 Å². The second kappa shape index (κ2) is 6.52. The number of aliphatic hydroxyl groups is 1. The van der Waals surface area contributed by atoms with Crippen molar-refractivity contribution in [2.45, 2.75) is 58.1 Å². The summed E-state index contributed by atoms with van der Waals surface area (Å²) in [5.41, 5.74) is 2.63. The molecule has 1 fully saturated rings. The minimum atomic E-state index is -0.619. The Balaban J connectivity index is 1.98. The van der Waals surface area contributed by atoms with Crippen LogP contribution in [0.4, 0.5) is 0 Å². The molecule has 1 saturated carbocycles. The van der Waals surface area contributed by atoms with E-state index in [2.05, 4.69) is 21.2 Å². The summed E-state index contributed by atoms with van der Waals surface area (Å²) < 4.78 is 6.67. The van der Waals surface area contributed by atoms with Crippen LogP contribution in [-0.4, -0.2) is 29.3 Å². The molecule has 0 atom stereocenters. The summed E-state index contributed by atoms with van der Waals surface area (Å²) in [7, 11) is 0. The van der Waals surface area contributed by atoms with Gasteiger partial charge in [0.1, 0.15) is 5.76 Å². The highest BCUT2D eigenvalue weighted by molar-refractivity contribution is 9.10. The van der Waals surface area contributed by atoms with E-state index in [-0.39, 0.29) is 17.8 Å². The van der Waals surface area contributed by atoms with Crippen LogP contribution in [0, 0.1) is 13.8 Å². The molecule has 1 aliphatic heterocycles. The first kappa shape index (κ1) is 17.5. The van der Waals surface area contributed by atoms with Gasteiger partial charge in [0.05, 0.1) is 17.2 Å². The number of hydrogen-bond donors (Lipinski definition) is 2. The lowest BCUT2D eigenvalue weighted by Crippen LogP contribution is -2.48. The molecule has 4 nitrogen and oxygen atoms in total. The molecule has 1 aromatic rings. The summed E-state index contributed by atoms with van der Waals surface area (Å²) in [4.78, 5) is 12.7. The van der Waals surface area contributed by atoms with Crippen LogP contribution >= 0.6 is 15.9 Å². The Kier molecular flexibility index (Phi) is 4.76. The fourth-order valence-electron chi connectivity index (χ4n) is 4.07. The molecule has 5 heteroatoms. The number of hydrogen-bond acceptors (Lipinski definition) is 3. The zero-order chi connectivity index (χ0) is 17.5. The summed E-state index contributed by atoms with van der Waals surface area (Å²) >= 11 is 3.48. The maximum absolute atomic E-state index is 12.7. The van der Waals surface area contributed by atoms with Crippen LogP contribution in [0.15, 0.2) is 22.4 Å². The van der Waals surface area contributed by atoms with Crippen molar-refractivity contribution in [3.05, 3.63) is 39.1 Å². The van der Waals surface area contributed by atoms with Crippen molar-refractivity contribution >= 4 is 27.4 Å². The summed E-state index contributed by atoms with van der Waals surface area (Å²) in [6.07, 6.45) is 3.36. The summed E-state index contributed by atoms with van der Waals surface area (Å²) in [5, 5.41) is 14.0. The largest absolute Gasteiger partial charge is 0.509 e. The molecule has 3 rings (SSSR count). The third kappa shape index (κ3) is 2.88. The second-order valence-corrected chi connectivity index (χ2v) is 7.74. The number of rotatable bonds is 3. The van der Waals surface area contributed by atoms with Gasteiger partial charge in [0.2, 0.25) is 0 Å². The third-order valence-electron chi connectivity index (χ3n) is 5.21. The minimum absolute atomic E-state index is 0.170. The third-order valence-corrected chi connectivity index (χ3v) is 5.66. The van der Waals surface area contributed by atoms with E-state index in [1.54, 1.807) is 0 Å². The average molecular weight is 394 g/mol. The topological polar surface area (TPSA) is 58.6 Å². The molecule has 1 amide bonds. The standard InChI is InChI=1S/C19H24BrNO3/c1-4-24-14-5-7-19(8-6-14)17(22)16(18(23)21-19)15-11(2)9-13(20)10-12(15)3/h9-10,14,22H,4-8H2,1-3H3,(H,21,23). The van der Waals surface area contributed by atoms with Crippen LogP contribution in [0.2, 0.25) is 0 Å². The number of carbonyl (C=O) groups is 1. The number of halogens is 1. The van der Waals surface area contributed by atoms with Gasteiger partial charge in [-0.15, -0.1) is 0 Å². The van der Waals surface area contributed by atoms with Gasteiger partial charge in [-0.2, -0.15) is 0 Å². The smallest absolute Gasteiger partial charge is 0.256 e. The zero-order valence-electron chi connectivity index (χ0n) is 14.4. The highest BCUT2D eigenvalue weighted by atomic mass is 79.9. The Morgan fingerprint density at radius 3 is 2.42 bits per heavy atom. The Morgan fingerprint density at radius 2 is 1.88 bits per heavy atom. The number of nitrogens with one attached hydrogen (secondary N) is 1. The van der Waals surface area contributed by atoms with E-state index in [4.69, 9.17) is 4.74 Å². The zero-order valence-corrected chi connectivity index (χ0v) is 16.0. The van der Waals surface area contributed by atoms with Gasteiger partial charge < -0.3 is 15.2 Å². The van der Waals surface area contributed by atoms with Gasteiger partial charge in [0, 0.05) is 11.1 Å². The van der Waals surface area contributed by atoms with E-state index in [1.165, 1.54) is 0 Å². The van der Waals surface area contributed by atoms with Gasteiger partial charge in [0.25, 0.3) is 5.91 Å². The summed E-state index contributed by atoms with van der Waals surface area (Å²) in [5.74, 6) is 0.0341. The second-order valence-electron chi connectivity index (χ2n) is 6.83. The molecule has 130 valence electrons. The van der Waals surface area contributed by atoms with Crippen molar-refractivity contribution in [2.24, 2.45) is 0 Å². The van der Waals surface area contributed by atoms with Crippen LogP contribution in [0.3, 0.4) is 0 Å². The lowest BCUT2D eigenvalue weighted by atomic mass is 9.79. The maximum atomic E-state index is 12.7. The van der Waals surface area contributed by atoms with E-state index in [0.29, 0.717) is 25.0 Å². The van der Waals surface area contributed by atoms with Crippen LogP contribution in [0.25, 0.3) is 5.57 Å². The predicted molar refractivity (Wildman–Crippen MR) is 97.9 cm³/mol. The normalized spacial score (nSPS) is 27.0. The highest BCUT2D eigenvalue weighted by Crippen LogP contribution is 2.43. The number of carbonyl (C=O) groups excluding carboxylic acids is 1. The quantitative estimate of drug-likeness (QED) is 0.809. The first-order chi connectivity index (χ1) is 11.4. The highest BCUT2D eigenvalue weighted by Gasteiger charge is 2.48. The van der Waals surface area contributed by atoms with Crippen molar-refractivity contribution in [3.63, 3.8) is 0 Å². The average Bonchev–Trinajstić information content (AvgIpc) is 2.74. The number of benzene rings is 1. The molecule has 0 unspecified atom stereocenters. The lowest BCUT2D eigenvalue weighted by Gasteiger charge is -2.37. The van der Waals surface area contributed by atoms with E-state index < -0.39 is 5.54 Å². The van der Waals surface area contributed by atoms with Crippen molar-refractivity contribution in [1.82, 2.24) is 5.32 Å². The fraction of sp³-hybridized carbons (Fsp3) is 0.526. The van der Waals surface area contributed by atoms with Crippen LogP contribution in [0.5, 0.6) is 0 Å². The Hall–Kier alpha value is -1.33. The number of ether oxygens (including phenoxy) is 1. The number of amides is 1. The molecule has 1 aromatic carbocycles. The van der Waals surface area contributed by atoms with Crippen LogP contribution < -0.4 is 5.32 Å². The maximum Gasteiger partial charge on any atom is 0.256 e. The van der Waals surface area contributed by atoms with E-state index in [9.17, 15) is 9.90 Å². The van der Waals surface area contributed by atoms with Crippen molar-refractivity contribution in [1.29, 1.82) is 0 Å². The predicted octanol–water partition coefficient (Wildman–Crippen LogP) is 4.18. The Bertz CT molecular complexity index is 680. The molecular formula is C19H24BrNO3. The monoisotopic (exact) mass is 393 g/mol. The van der Waals surface area contributed by atoms with Gasteiger partial charge >= 0.3 is 0 Å². The van der Waals surface area contributed by atoms with Crippen molar-refractivity contribution < 1.29 is 14.6 Å². The fourth-order valence-corrected chi connectivity index (χ4v) is 4.76. The molecule has 0 bridgehead atoms. The van der Waals surface area contributed by atoms with Crippen LogP contribution in [0.1, 0.15) is 49.3 Å². The lowest BCUT2D eigenvalue weighted by molar-refractivity contribution is -0.116. The molecule has 2 N–H and O–H groups in total. The molecule has 0 aromatic heterocycles. The van der Waals surface area contributed by atoms with E-state index in [0.717, 1.165) is 34.0 Å². The molecule has 1 spiro atoms. The number of aryl methyl sites for hydroxylation is 2. The molecule has 24 heavy (non-hydrogen) atoms. The summed E-state index contributed by atoms with van der Waals surface area (Å²) in [6, 6.07) is 3.96. The van der Waals surface area contributed by atoms with Crippen molar-refractivity contribution in [2.75, 3.05) is 6.61 Å². The first-order valence-corrected chi connectivity index (χ1v) is 9.32. The van der Waals surface area contributed by atoms with E-state index in [1.807, 2.05) is 32.9 Å². The number of aliphatic hydroxyl groups excluding tert-OH is 1. The molecule has 2 aliphatic rings. The molecule has 0 radical (unpaired) electrons. The molecule has 0 saturated heterocycles. The van der Waals surface area contributed by atoms with Crippen LogP contribution in [-0.2, 0) is 9.53 Å². The molecule has 1 heterocycles. The van der Waals surface area contributed by atoms with Gasteiger partial charge in [0.15, 0.2) is 0 Å². The Labute approximate surface area is 151 Å². The van der Waals surface area contributed by atoms with Gasteiger partial charge in [-0.25, -0.2) is 0 Å². The summed E-state index contributed by atoms with van der Waals surface area (Å²) in [6.45, 7) is 6.64. The van der Waals surface area contributed by atoms with Gasteiger partial charge in [-0.3, -0.25) is 4.79 Å². The SMILES string of the molecule is CCOC1CCC2(CC1)NC(=O)C(c1c(C)cc(Br)cc1C)=C2O. The minimum Gasteiger partial charge on any atom is -0.509 e.